The quantitative estimate of drug-likeness (QED) is 0.722. The average Bonchev–Trinajstić information content (AvgIpc) is 2.68. The van der Waals surface area contributed by atoms with E-state index in [2.05, 4.69) is 5.32 Å². The highest BCUT2D eigenvalue weighted by molar-refractivity contribution is 6.04. The van der Waals surface area contributed by atoms with Crippen LogP contribution in [0.1, 0.15) is 17.3 Å². The summed E-state index contributed by atoms with van der Waals surface area (Å²) >= 11 is 0. The first-order valence-electron chi connectivity index (χ1n) is 8.85. The molecule has 1 N–H and O–H groups in total. The molecule has 0 aromatic heterocycles. The third kappa shape index (κ3) is 4.26. The van der Waals surface area contributed by atoms with Gasteiger partial charge in [0.1, 0.15) is 5.75 Å². The number of fused-ring (bicyclic) bond motifs is 1. The van der Waals surface area contributed by atoms with Gasteiger partial charge in [-0.3, -0.25) is 9.59 Å². The number of ether oxygens (including phenoxy) is 1. The van der Waals surface area contributed by atoms with Gasteiger partial charge in [0.15, 0.2) is 0 Å². The molecule has 3 rings (SSSR count). The topological polar surface area (TPSA) is 58.6 Å². The van der Waals surface area contributed by atoms with Gasteiger partial charge < -0.3 is 15.0 Å². The predicted molar refractivity (Wildman–Crippen MR) is 107 cm³/mol. The summed E-state index contributed by atoms with van der Waals surface area (Å²) in [5, 5.41) is 4.91. The van der Waals surface area contributed by atoms with Gasteiger partial charge in [-0.05, 0) is 30.5 Å². The minimum absolute atomic E-state index is 0.0531. The molecule has 0 fully saturated rings. The molecule has 5 nitrogen and oxygen atoms in total. The van der Waals surface area contributed by atoms with E-state index in [1.807, 2.05) is 55.5 Å². The predicted octanol–water partition coefficient (Wildman–Crippen LogP) is 3.95. The molecular weight excluding hydrogens is 340 g/mol. The molecule has 0 aliphatic carbocycles. The number of amides is 2. The van der Waals surface area contributed by atoms with Crippen LogP contribution in [0.4, 0.5) is 5.69 Å². The first kappa shape index (κ1) is 18.5. The number of carbonyl (C=O) groups is 2. The maximum Gasteiger partial charge on any atom is 0.257 e. The lowest BCUT2D eigenvalue weighted by molar-refractivity contribution is -0.116. The third-order valence-corrected chi connectivity index (χ3v) is 4.21. The first-order chi connectivity index (χ1) is 13.1. The molecule has 0 saturated heterocycles. The zero-order valence-corrected chi connectivity index (χ0v) is 15.4. The first-order valence-corrected chi connectivity index (χ1v) is 8.85. The molecule has 0 spiro atoms. The molecule has 5 heteroatoms. The molecule has 0 radical (unpaired) electrons. The summed E-state index contributed by atoms with van der Waals surface area (Å²) in [6.45, 7) is 2.28. The van der Waals surface area contributed by atoms with Gasteiger partial charge in [0.05, 0.1) is 18.7 Å². The van der Waals surface area contributed by atoms with Crippen LogP contribution in [0.3, 0.4) is 0 Å². The second-order valence-electron chi connectivity index (χ2n) is 6.17. The number of nitrogens with one attached hydrogen (secondary N) is 1. The van der Waals surface area contributed by atoms with Crippen LogP contribution in [0.15, 0.2) is 66.7 Å². The average molecular weight is 362 g/mol. The molecule has 0 aliphatic rings. The van der Waals surface area contributed by atoms with Crippen LogP contribution in [-0.2, 0) is 4.79 Å². The van der Waals surface area contributed by atoms with E-state index in [4.69, 9.17) is 4.74 Å². The number of rotatable bonds is 6. The number of para-hydroxylation sites is 1. The molecule has 0 bridgehead atoms. The Kier molecular flexibility index (Phi) is 5.71. The van der Waals surface area contributed by atoms with Crippen molar-refractivity contribution in [2.24, 2.45) is 0 Å². The lowest BCUT2D eigenvalue weighted by Crippen LogP contribution is -2.35. The van der Waals surface area contributed by atoms with Gasteiger partial charge in [0.2, 0.25) is 5.91 Å². The van der Waals surface area contributed by atoms with Crippen molar-refractivity contribution in [1.82, 2.24) is 4.90 Å². The Balaban J connectivity index is 1.71. The summed E-state index contributed by atoms with van der Waals surface area (Å²) in [7, 11) is 1.60. The smallest absolute Gasteiger partial charge is 0.257 e. The molecule has 138 valence electrons. The van der Waals surface area contributed by atoms with E-state index in [9.17, 15) is 9.59 Å². The van der Waals surface area contributed by atoms with E-state index in [1.165, 1.54) is 4.90 Å². The van der Waals surface area contributed by atoms with Gasteiger partial charge >= 0.3 is 0 Å². The number of hydrogen-bond acceptors (Lipinski definition) is 3. The number of anilines is 1. The summed E-state index contributed by atoms with van der Waals surface area (Å²) in [5.41, 5.74) is 1.17. The van der Waals surface area contributed by atoms with Gasteiger partial charge in [-0.1, -0.05) is 48.5 Å². The van der Waals surface area contributed by atoms with Crippen LogP contribution >= 0.6 is 0 Å². The Morgan fingerprint density at radius 3 is 2.48 bits per heavy atom. The van der Waals surface area contributed by atoms with Crippen molar-refractivity contribution in [3.63, 3.8) is 0 Å². The minimum Gasteiger partial charge on any atom is -0.493 e. The Bertz CT molecular complexity index is 963. The SMILES string of the molecule is CCOc1ccccc1C(=O)N(C)CC(=O)Nc1cccc2ccccc12. The van der Waals surface area contributed by atoms with Crippen molar-refractivity contribution < 1.29 is 14.3 Å². The molecule has 0 aliphatic heterocycles. The zero-order valence-electron chi connectivity index (χ0n) is 15.4. The Hall–Kier alpha value is -3.34. The minimum atomic E-state index is -0.257. The fraction of sp³-hybridized carbons (Fsp3) is 0.182. The second-order valence-corrected chi connectivity index (χ2v) is 6.17. The van der Waals surface area contributed by atoms with Crippen molar-refractivity contribution in [2.45, 2.75) is 6.92 Å². The molecule has 0 atom stereocenters. The van der Waals surface area contributed by atoms with Gasteiger partial charge in [0.25, 0.3) is 5.91 Å². The molecule has 2 amide bonds. The highest BCUT2D eigenvalue weighted by Crippen LogP contribution is 2.23. The lowest BCUT2D eigenvalue weighted by atomic mass is 10.1. The standard InChI is InChI=1S/C22H22N2O3/c1-3-27-20-14-7-6-12-18(20)22(26)24(2)15-21(25)23-19-13-8-10-16-9-4-5-11-17(16)19/h4-14H,3,15H2,1-2H3,(H,23,25). The molecular formula is C22H22N2O3. The highest BCUT2D eigenvalue weighted by Gasteiger charge is 2.19. The highest BCUT2D eigenvalue weighted by atomic mass is 16.5. The number of benzene rings is 3. The number of nitrogens with zero attached hydrogens (tertiary/aromatic N) is 1. The monoisotopic (exact) mass is 362 g/mol. The number of carbonyl (C=O) groups excluding carboxylic acids is 2. The normalized spacial score (nSPS) is 10.4. The molecule has 3 aromatic rings. The fourth-order valence-electron chi connectivity index (χ4n) is 2.94. The fourth-order valence-corrected chi connectivity index (χ4v) is 2.94. The van der Waals surface area contributed by atoms with E-state index in [-0.39, 0.29) is 18.4 Å². The molecule has 0 saturated carbocycles. The van der Waals surface area contributed by atoms with Crippen LogP contribution in [0.5, 0.6) is 5.75 Å². The van der Waals surface area contributed by atoms with Crippen LogP contribution in [0.2, 0.25) is 0 Å². The third-order valence-electron chi connectivity index (χ3n) is 4.21. The largest absolute Gasteiger partial charge is 0.493 e. The Labute approximate surface area is 158 Å². The van der Waals surface area contributed by atoms with Crippen LogP contribution in [0.25, 0.3) is 10.8 Å². The summed E-state index contributed by atoms with van der Waals surface area (Å²) in [5.74, 6) is 0.00882. The zero-order chi connectivity index (χ0) is 19.2. The Morgan fingerprint density at radius 1 is 0.963 bits per heavy atom. The van der Waals surface area contributed by atoms with Crippen molar-refractivity contribution in [3.8, 4) is 5.75 Å². The van der Waals surface area contributed by atoms with E-state index in [1.54, 1.807) is 25.2 Å². The van der Waals surface area contributed by atoms with Gasteiger partial charge in [-0.15, -0.1) is 0 Å². The Morgan fingerprint density at radius 2 is 1.67 bits per heavy atom. The molecule has 27 heavy (non-hydrogen) atoms. The van der Waals surface area contributed by atoms with E-state index < -0.39 is 0 Å². The van der Waals surface area contributed by atoms with Crippen molar-refractivity contribution in [1.29, 1.82) is 0 Å². The van der Waals surface area contributed by atoms with Crippen molar-refractivity contribution >= 4 is 28.3 Å². The molecule has 0 heterocycles. The number of likely N-dealkylation sites (N-methyl/N-ethyl adjacent to an activating group) is 1. The van der Waals surface area contributed by atoms with E-state index in [0.29, 0.717) is 17.9 Å². The van der Waals surface area contributed by atoms with Crippen molar-refractivity contribution in [2.75, 3.05) is 25.5 Å². The maximum atomic E-state index is 12.7. The summed E-state index contributed by atoms with van der Waals surface area (Å²) in [4.78, 5) is 26.6. The lowest BCUT2D eigenvalue weighted by Gasteiger charge is -2.19. The second kappa shape index (κ2) is 8.36. The van der Waals surface area contributed by atoms with E-state index >= 15 is 0 Å². The molecule has 0 unspecified atom stereocenters. The van der Waals surface area contributed by atoms with E-state index in [0.717, 1.165) is 16.5 Å². The van der Waals surface area contributed by atoms with Gasteiger partial charge in [0, 0.05) is 18.1 Å². The van der Waals surface area contributed by atoms with Crippen LogP contribution in [0, 0.1) is 0 Å². The van der Waals surface area contributed by atoms with Gasteiger partial charge in [-0.2, -0.15) is 0 Å². The summed E-state index contributed by atoms with van der Waals surface area (Å²) in [6, 6.07) is 20.6. The van der Waals surface area contributed by atoms with Crippen LogP contribution < -0.4 is 10.1 Å². The van der Waals surface area contributed by atoms with Gasteiger partial charge in [-0.25, -0.2) is 0 Å². The maximum absolute atomic E-state index is 12.7. The summed E-state index contributed by atoms with van der Waals surface area (Å²) < 4.78 is 5.51. The number of hydrogen-bond donors (Lipinski definition) is 1. The molecule has 3 aromatic carbocycles. The van der Waals surface area contributed by atoms with Crippen LogP contribution in [-0.4, -0.2) is 36.9 Å². The van der Waals surface area contributed by atoms with Crippen molar-refractivity contribution in [3.05, 3.63) is 72.3 Å². The summed E-state index contributed by atoms with van der Waals surface area (Å²) in [6.07, 6.45) is 0.